The van der Waals surface area contributed by atoms with Crippen LogP contribution in [-0.4, -0.2) is 40.9 Å². The van der Waals surface area contributed by atoms with Gasteiger partial charge in [-0.15, -0.1) is 6.58 Å². The van der Waals surface area contributed by atoms with Crippen molar-refractivity contribution >= 4 is 11.7 Å². The van der Waals surface area contributed by atoms with Gasteiger partial charge in [-0.3, -0.25) is 4.98 Å². The molecule has 2 N–H and O–H groups in total. The lowest BCUT2D eigenvalue weighted by Crippen LogP contribution is -2.28. The quantitative estimate of drug-likeness (QED) is 0.695. The van der Waals surface area contributed by atoms with E-state index in [9.17, 15) is 4.79 Å². The highest BCUT2D eigenvalue weighted by molar-refractivity contribution is 5.94. The maximum atomic E-state index is 11.0. The third-order valence-electron chi connectivity index (χ3n) is 2.09. The normalized spacial score (nSPS) is 9.81. The summed E-state index contributed by atoms with van der Waals surface area (Å²) in [6, 6.07) is 1.61. The first-order valence-corrected chi connectivity index (χ1v) is 4.84. The van der Waals surface area contributed by atoms with Gasteiger partial charge in [-0.2, -0.15) is 0 Å². The summed E-state index contributed by atoms with van der Waals surface area (Å²) in [5.74, 6) is -1.03. The lowest BCUT2D eigenvalue weighted by molar-refractivity contribution is 0.0697. The Kier molecular flexibility index (Phi) is 4.47. The van der Waals surface area contributed by atoms with E-state index in [0.717, 1.165) is 0 Å². The Morgan fingerprint density at radius 2 is 2.38 bits per heavy atom. The Morgan fingerprint density at radius 3 is 2.94 bits per heavy atom. The number of nitrogens with zero attached hydrogens (tertiary/aromatic N) is 2. The first kappa shape index (κ1) is 12.2. The van der Waals surface area contributed by atoms with Crippen LogP contribution >= 0.6 is 0 Å². The van der Waals surface area contributed by atoms with Gasteiger partial charge in [0.25, 0.3) is 0 Å². The van der Waals surface area contributed by atoms with Crippen molar-refractivity contribution in [1.82, 2.24) is 4.98 Å². The van der Waals surface area contributed by atoms with Gasteiger partial charge >= 0.3 is 5.97 Å². The summed E-state index contributed by atoms with van der Waals surface area (Å²) in [7, 11) is 0. The molecule has 0 aliphatic heterocycles. The molecule has 1 aromatic heterocycles. The fourth-order valence-corrected chi connectivity index (χ4v) is 1.41. The van der Waals surface area contributed by atoms with Crippen molar-refractivity contribution in [3.8, 4) is 0 Å². The van der Waals surface area contributed by atoms with Crippen LogP contribution in [0.4, 0.5) is 5.69 Å². The summed E-state index contributed by atoms with van der Waals surface area (Å²) < 4.78 is 0. The van der Waals surface area contributed by atoms with Crippen LogP contribution in [0.5, 0.6) is 0 Å². The highest BCUT2D eigenvalue weighted by atomic mass is 16.4. The van der Waals surface area contributed by atoms with Gasteiger partial charge in [0.05, 0.1) is 12.3 Å². The van der Waals surface area contributed by atoms with Crippen molar-refractivity contribution in [2.75, 3.05) is 24.6 Å². The van der Waals surface area contributed by atoms with Crippen LogP contribution in [0.1, 0.15) is 10.4 Å². The minimum atomic E-state index is -1.03. The number of anilines is 1. The summed E-state index contributed by atoms with van der Waals surface area (Å²) in [5, 5.41) is 17.9. The van der Waals surface area contributed by atoms with E-state index in [1.807, 2.05) is 0 Å². The zero-order valence-corrected chi connectivity index (χ0v) is 8.83. The highest BCUT2D eigenvalue weighted by Gasteiger charge is 2.14. The van der Waals surface area contributed by atoms with Gasteiger partial charge in [0.2, 0.25) is 0 Å². The Balaban J connectivity index is 3.06. The largest absolute Gasteiger partial charge is 0.478 e. The Labute approximate surface area is 93.7 Å². The van der Waals surface area contributed by atoms with Crippen LogP contribution in [-0.2, 0) is 0 Å². The highest BCUT2D eigenvalue weighted by Crippen LogP contribution is 2.18. The third kappa shape index (κ3) is 2.80. The zero-order chi connectivity index (χ0) is 12.0. The fourth-order valence-electron chi connectivity index (χ4n) is 1.41. The molecule has 0 spiro atoms. The van der Waals surface area contributed by atoms with E-state index in [1.165, 1.54) is 12.4 Å². The second-order valence-corrected chi connectivity index (χ2v) is 3.16. The Hall–Kier alpha value is -1.88. The van der Waals surface area contributed by atoms with Crippen molar-refractivity contribution in [3.05, 3.63) is 36.7 Å². The van der Waals surface area contributed by atoms with Crippen LogP contribution in [0.3, 0.4) is 0 Å². The number of aliphatic hydroxyl groups excluding tert-OH is 1. The average molecular weight is 222 g/mol. The van der Waals surface area contributed by atoms with E-state index < -0.39 is 5.97 Å². The number of aromatic nitrogens is 1. The molecular weight excluding hydrogens is 208 g/mol. The second kappa shape index (κ2) is 5.87. The van der Waals surface area contributed by atoms with E-state index in [1.54, 1.807) is 17.0 Å². The molecule has 0 unspecified atom stereocenters. The maximum Gasteiger partial charge on any atom is 0.339 e. The van der Waals surface area contributed by atoms with Crippen molar-refractivity contribution in [2.45, 2.75) is 0 Å². The SMILES string of the molecule is C=CCN(CCO)c1ccncc1C(=O)O. The molecule has 1 aromatic rings. The molecule has 1 rings (SSSR count). The monoisotopic (exact) mass is 222 g/mol. The number of aromatic carboxylic acids is 1. The molecule has 0 radical (unpaired) electrons. The van der Waals surface area contributed by atoms with Crippen LogP contribution in [0, 0.1) is 0 Å². The molecule has 0 aliphatic carbocycles. The van der Waals surface area contributed by atoms with Gasteiger partial charge in [0.1, 0.15) is 5.56 Å². The molecule has 86 valence electrons. The van der Waals surface area contributed by atoms with Crippen LogP contribution in [0.2, 0.25) is 0 Å². The number of carbonyl (C=O) groups is 1. The Bertz CT molecular complexity index is 379. The van der Waals surface area contributed by atoms with Crippen LogP contribution in [0.15, 0.2) is 31.1 Å². The first-order valence-electron chi connectivity index (χ1n) is 4.84. The maximum absolute atomic E-state index is 11.0. The zero-order valence-electron chi connectivity index (χ0n) is 8.83. The molecule has 5 nitrogen and oxygen atoms in total. The molecule has 0 aliphatic rings. The molecular formula is C11H14N2O3. The molecule has 0 atom stereocenters. The summed E-state index contributed by atoms with van der Waals surface area (Å²) >= 11 is 0. The Morgan fingerprint density at radius 1 is 1.62 bits per heavy atom. The number of hydrogen-bond acceptors (Lipinski definition) is 4. The van der Waals surface area contributed by atoms with Crippen molar-refractivity contribution in [1.29, 1.82) is 0 Å². The van der Waals surface area contributed by atoms with E-state index in [-0.39, 0.29) is 12.2 Å². The first-order chi connectivity index (χ1) is 7.70. The smallest absolute Gasteiger partial charge is 0.339 e. The van der Waals surface area contributed by atoms with E-state index in [4.69, 9.17) is 10.2 Å². The number of carboxylic acids is 1. The molecule has 0 saturated carbocycles. The third-order valence-corrected chi connectivity index (χ3v) is 2.09. The van der Waals surface area contributed by atoms with Gasteiger partial charge in [-0.05, 0) is 6.07 Å². The van der Waals surface area contributed by atoms with Crippen molar-refractivity contribution in [2.24, 2.45) is 0 Å². The second-order valence-electron chi connectivity index (χ2n) is 3.16. The van der Waals surface area contributed by atoms with Gasteiger partial charge in [-0.1, -0.05) is 6.08 Å². The van der Waals surface area contributed by atoms with Crippen LogP contribution < -0.4 is 4.90 Å². The molecule has 0 amide bonds. The standard InChI is InChI=1S/C11H14N2O3/c1-2-5-13(6-7-14)10-3-4-12-8-9(10)11(15)16/h2-4,8,14H,1,5-7H2,(H,15,16). The van der Waals surface area contributed by atoms with E-state index >= 15 is 0 Å². The lowest BCUT2D eigenvalue weighted by Gasteiger charge is -2.23. The van der Waals surface area contributed by atoms with Gasteiger partial charge in [-0.25, -0.2) is 4.79 Å². The topological polar surface area (TPSA) is 73.7 Å². The molecule has 0 bridgehead atoms. The molecule has 5 heteroatoms. The average Bonchev–Trinajstić information content (AvgIpc) is 2.29. The molecule has 16 heavy (non-hydrogen) atoms. The van der Waals surface area contributed by atoms with Gasteiger partial charge in [0, 0.05) is 25.5 Å². The molecule has 0 aromatic carbocycles. The van der Waals surface area contributed by atoms with E-state index in [2.05, 4.69) is 11.6 Å². The number of aliphatic hydroxyl groups is 1. The van der Waals surface area contributed by atoms with E-state index in [0.29, 0.717) is 18.8 Å². The molecule has 0 fully saturated rings. The summed E-state index contributed by atoms with van der Waals surface area (Å²) in [6.07, 6.45) is 4.47. The number of hydrogen-bond donors (Lipinski definition) is 2. The molecule has 1 heterocycles. The van der Waals surface area contributed by atoms with Gasteiger partial charge in [0.15, 0.2) is 0 Å². The number of pyridine rings is 1. The van der Waals surface area contributed by atoms with Crippen molar-refractivity contribution in [3.63, 3.8) is 0 Å². The van der Waals surface area contributed by atoms with Gasteiger partial charge < -0.3 is 15.1 Å². The summed E-state index contributed by atoms with van der Waals surface area (Å²) in [4.78, 5) is 16.5. The van der Waals surface area contributed by atoms with Crippen LogP contribution in [0.25, 0.3) is 0 Å². The predicted octanol–water partition coefficient (Wildman–Crippen LogP) is 0.764. The minimum absolute atomic E-state index is 0.0464. The fraction of sp³-hybridized carbons (Fsp3) is 0.273. The number of carboxylic acid groups (broad SMARTS) is 1. The summed E-state index contributed by atoms with van der Waals surface area (Å²) in [6.45, 7) is 4.38. The lowest BCUT2D eigenvalue weighted by atomic mass is 10.2. The predicted molar refractivity (Wildman–Crippen MR) is 60.7 cm³/mol. The van der Waals surface area contributed by atoms with Crippen molar-refractivity contribution < 1.29 is 15.0 Å². The summed E-state index contributed by atoms with van der Waals surface area (Å²) in [5.41, 5.74) is 0.661. The minimum Gasteiger partial charge on any atom is -0.478 e. The number of rotatable bonds is 6. The molecule has 0 saturated heterocycles.